The number of para-hydroxylation sites is 1. The Hall–Kier alpha value is -2.04. The molecule has 1 amide bonds. The highest BCUT2D eigenvalue weighted by Crippen LogP contribution is 2.23. The van der Waals surface area contributed by atoms with Crippen molar-refractivity contribution < 1.29 is 14.7 Å². The van der Waals surface area contributed by atoms with Crippen LogP contribution in [0.1, 0.15) is 42.5 Å². The van der Waals surface area contributed by atoms with Crippen LogP contribution < -0.4 is 10.6 Å². The third-order valence-corrected chi connectivity index (χ3v) is 3.54. The molecule has 0 aliphatic heterocycles. The number of carboxylic acids is 1. The zero-order valence-corrected chi connectivity index (χ0v) is 11.4. The normalized spacial score (nSPS) is 15.6. The van der Waals surface area contributed by atoms with Gasteiger partial charge < -0.3 is 15.7 Å². The Labute approximate surface area is 118 Å². The Morgan fingerprint density at radius 2 is 1.85 bits per heavy atom. The minimum Gasteiger partial charge on any atom is -0.480 e. The molecule has 1 aromatic rings. The van der Waals surface area contributed by atoms with E-state index in [9.17, 15) is 9.59 Å². The monoisotopic (exact) mass is 276 g/mol. The van der Waals surface area contributed by atoms with Crippen molar-refractivity contribution in [3.8, 4) is 0 Å². The standard InChI is InChI=1S/C15H20N2O3/c18-14(19)10-16-15(20)12-8-4-5-9-13(12)17-11-6-2-1-3-7-11/h4-5,8-9,11,17H,1-3,6-7,10H2,(H,16,20)(H,18,19). The zero-order valence-electron chi connectivity index (χ0n) is 11.4. The summed E-state index contributed by atoms with van der Waals surface area (Å²) >= 11 is 0. The molecule has 5 nitrogen and oxygen atoms in total. The highest BCUT2D eigenvalue weighted by atomic mass is 16.4. The molecule has 1 saturated carbocycles. The Morgan fingerprint density at radius 1 is 1.15 bits per heavy atom. The second-order valence-corrected chi connectivity index (χ2v) is 5.10. The van der Waals surface area contributed by atoms with Gasteiger partial charge in [0.1, 0.15) is 6.54 Å². The third-order valence-electron chi connectivity index (χ3n) is 3.54. The van der Waals surface area contributed by atoms with Gasteiger partial charge in [0, 0.05) is 11.7 Å². The fourth-order valence-corrected chi connectivity index (χ4v) is 2.52. The van der Waals surface area contributed by atoms with E-state index >= 15 is 0 Å². The van der Waals surface area contributed by atoms with E-state index in [1.807, 2.05) is 12.1 Å². The van der Waals surface area contributed by atoms with Crippen LogP contribution in [0.15, 0.2) is 24.3 Å². The smallest absolute Gasteiger partial charge is 0.322 e. The van der Waals surface area contributed by atoms with Crippen LogP contribution in [0.25, 0.3) is 0 Å². The summed E-state index contributed by atoms with van der Waals surface area (Å²) in [4.78, 5) is 22.5. The van der Waals surface area contributed by atoms with Crippen molar-refractivity contribution in [3.63, 3.8) is 0 Å². The molecule has 0 radical (unpaired) electrons. The molecule has 0 spiro atoms. The summed E-state index contributed by atoms with van der Waals surface area (Å²) in [7, 11) is 0. The van der Waals surface area contributed by atoms with E-state index in [1.165, 1.54) is 19.3 Å². The number of carbonyl (C=O) groups excluding carboxylic acids is 1. The van der Waals surface area contributed by atoms with Crippen LogP contribution in [0.2, 0.25) is 0 Å². The van der Waals surface area contributed by atoms with Crippen molar-refractivity contribution >= 4 is 17.6 Å². The lowest BCUT2D eigenvalue weighted by Gasteiger charge is -2.25. The SMILES string of the molecule is O=C(O)CNC(=O)c1ccccc1NC1CCCCC1. The first-order valence-corrected chi connectivity index (χ1v) is 7.02. The Bertz CT molecular complexity index is 482. The average molecular weight is 276 g/mol. The number of carbonyl (C=O) groups is 2. The van der Waals surface area contributed by atoms with Crippen LogP contribution in [0.5, 0.6) is 0 Å². The van der Waals surface area contributed by atoms with Gasteiger partial charge in [0.2, 0.25) is 0 Å². The summed E-state index contributed by atoms with van der Waals surface area (Å²) in [6.45, 7) is -0.364. The van der Waals surface area contributed by atoms with E-state index in [0.29, 0.717) is 11.6 Å². The van der Waals surface area contributed by atoms with Crippen molar-refractivity contribution in [2.75, 3.05) is 11.9 Å². The number of nitrogens with one attached hydrogen (secondary N) is 2. The Morgan fingerprint density at radius 3 is 2.55 bits per heavy atom. The highest BCUT2D eigenvalue weighted by molar-refractivity contribution is 6.00. The number of carboxylic acid groups (broad SMARTS) is 1. The van der Waals surface area contributed by atoms with Crippen molar-refractivity contribution in [2.24, 2.45) is 0 Å². The zero-order chi connectivity index (χ0) is 14.4. The summed E-state index contributed by atoms with van der Waals surface area (Å²) in [5.41, 5.74) is 1.28. The minimum absolute atomic E-state index is 0.355. The molecule has 0 atom stereocenters. The molecule has 1 aromatic carbocycles. The quantitative estimate of drug-likeness (QED) is 0.770. The van der Waals surface area contributed by atoms with E-state index < -0.39 is 5.97 Å². The maximum absolute atomic E-state index is 12.0. The number of hydrogen-bond donors (Lipinski definition) is 3. The number of benzene rings is 1. The van der Waals surface area contributed by atoms with Crippen LogP contribution in [-0.2, 0) is 4.79 Å². The van der Waals surface area contributed by atoms with Crippen molar-refractivity contribution in [3.05, 3.63) is 29.8 Å². The van der Waals surface area contributed by atoms with E-state index in [-0.39, 0.29) is 12.5 Å². The topological polar surface area (TPSA) is 78.4 Å². The second-order valence-electron chi connectivity index (χ2n) is 5.10. The van der Waals surface area contributed by atoms with Crippen LogP contribution in [0.3, 0.4) is 0 Å². The first-order valence-electron chi connectivity index (χ1n) is 7.02. The van der Waals surface area contributed by atoms with Crippen molar-refractivity contribution in [1.82, 2.24) is 5.32 Å². The van der Waals surface area contributed by atoms with Gasteiger partial charge in [-0.3, -0.25) is 9.59 Å². The highest BCUT2D eigenvalue weighted by Gasteiger charge is 2.17. The Kier molecular flexibility index (Phi) is 4.98. The van der Waals surface area contributed by atoms with E-state index in [0.717, 1.165) is 18.5 Å². The van der Waals surface area contributed by atoms with Crippen LogP contribution in [-0.4, -0.2) is 29.6 Å². The largest absolute Gasteiger partial charge is 0.480 e. The number of anilines is 1. The predicted molar refractivity (Wildman–Crippen MR) is 76.9 cm³/mol. The summed E-state index contributed by atoms with van der Waals surface area (Å²) < 4.78 is 0. The van der Waals surface area contributed by atoms with Gasteiger partial charge in [-0.05, 0) is 25.0 Å². The number of amides is 1. The van der Waals surface area contributed by atoms with Gasteiger partial charge in [-0.15, -0.1) is 0 Å². The molecular weight excluding hydrogens is 256 g/mol. The Balaban J connectivity index is 2.04. The molecule has 1 aliphatic carbocycles. The fourth-order valence-electron chi connectivity index (χ4n) is 2.52. The van der Waals surface area contributed by atoms with Gasteiger partial charge >= 0.3 is 5.97 Å². The summed E-state index contributed by atoms with van der Waals surface area (Å²) in [6.07, 6.45) is 5.94. The van der Waals surface area contributed by atoms with E-state index in [1.54, 1.807) is 12.1 Å². The molecule has 0 unspecified atom stereocenters. The number of hydrogen-bond acceptors (Lipinski definition) is 3. The second kappa shape index (κ2) is 6.93. The van der Waals surface area contributed by atoms with Crippen LogP contribution in [0.4, 0.5) is 5.69 Å². The average Bonchev–Trinajstić information content (AvgIpc) is 2.46. The molecular formula is C15H20N2O3. The first-order chi connectivity index (χ1) is 9.66. The fraction of sp³-hybridized carbons (Fsp3) is 0.467. The lowest BCUT2D eigenvalue weighted by atomic mass is 9.95. The minimum atomic E-state index is -1.05. The molecule has 5 heteroatoms. The molecule has 1 fully saturated rings. The third kappa shape index (κ3) is 3.98. The maximum atomic E-state index is 12.0. The first kappa shape index (κ1) is 14.4. The molecule has 0 heterocycles. The maximum Gasteiger partial charge on any atom is 0.322 e. The van der Waals surface area contributed by atoms with Crippen molar-refractivity contribution in [2.45, 2.75) is 38.1 Å². The van der Waals surface area contributed by atoms with Crippen LogP contribution >= 0.6 is 0 Å². The van der Waals surface area contributed by atoms with E-state index in [4.69, 9.17) is 5.11 Å². The lowest BCUT2D eigenvalue weighted by Crippen LogP contribution is -2.31. The molecule has 1 aliphatic rings. The molecule has 0 aromatic heterocycles. The molecule has 20 heavy (non-hydrogen) atoms. The van der Waals surface area contributed by atoms with Gasteiger partial charge in [0.25, 0.3) is 5.91 Å². The summed E-state index contributed by atoms with van der Waals surface area (Å²) in [6, 6.07) is 7.63. The van der Waals surface area contributed by atoms with Crippen molar-refractivity contribution in [1.29, 1.82) is 0 Å². The van der Waals surface area contributed by atoms with E-state index in [2.05, 4.69) is 10.6 Å². The van der Waals surface area contributed by atoms with Crippen LogP contribution in [0, 0.1) is 0 Å². The van der Waals surface area contributed by atoms with Gasteiger partial charge in [-0.2, -0.15) is 0 Å². The lowest BCUT2D eigenvalue weighted by molar-refractivity contribution is -0.135. The number of rotatable bonds is 5. The van der Waals surface area contributed by atoms with Gasteiger partial charge in [0.15, 0.2) is 0 Å². The van der Waals surface area contributed by atoms with Gasteiger partial charge in [-0.1, -0.05) is 31.4 Å². The molecule has 0 bridgehead atoms. The molecule has 2 rings (SSSR count). The molecule has 3 N–H and O–H groups in total. The van der Waals surface area contributed by atoms with Gasteiger partial charge in [-0.25, -0.2) is 0 Å². The summed E-state index contributed by atoms with van der Waals surface area (Å²) in [5.74, 6) is -1.40. The number of aliphatic carboxylic acids is 1. The molecule has 108 valence electrons. The molecule has 0 saturated heterocycles. The predicted octanol–water partition coefficient (Wildman–Crippen LogP) is 2.25. The summed E-state index contributed by atoms with van der Waals surface area (Å²) in [5, 5.41) is 14.4. The van der Waals surface area contributed by atoms with Gasteiger partial charge in [0.05, 0.1) is 5.56 Å².